The summed E-state index contributed by atoms with van der Waals surface area (Å²) in [4.78, 5) is 16.5. The van der Waals surface area contributed by atoms with Crippen molar-refractivity contribution < 1.29 is 9.90 Å². The van der Waals surface area contributed by atoms with E-state index in [1.165, 1.54) is 50.9 Å². The van der Waals surface area contributed by atoms with Crippen molar-refractivity contribution in [3.05, 3.63) is 35.9 Å². The minimum atomic E-state index is -0.656. The lowest BCUT2D eigenvalue weighted by Crippen LogP contribution is -2.64. The number of aliphatic carboxylic acids is 1. The number of rotatable bonds is 6. The third-order valence-electron chi connectivity index (χ3n) is 6.90. The smallest absolute Gasteiger partial charge is 0.303 e. The number of benzene rings is 1. The van der Waals surface area contributed by atoms with Gasteiger partial charge in [-0.25, -0.2) is 0 Å². The molecule has 0 aliphatic carbocycles. The molecule has 0 saturated carbocycles. The Morgan fingerprint density at radius 3 is 2.65 bits per heavy atom. The molecule has 3 fully saturated rings. The standard InChI is InChI=1S/C22H32N2O2/c25-21(26)12-4-11-20-19-10-6-14-23-13-5-9-18(22(19)23)16-24(20)15-17-7-2-1-3-8-17/h1-3,7-8,18-20,22H,4-6,9-16H2,(H,25,26)/t18-,19-,20-,22+/m1/s1. The van der Waals surface area contributed by atoms with E-state index in [1.807, 2.05) is 0 Å². The molecule has 4 nitrogen and oxygen atoms in total. The molecule has 4 heteroatoms. The van der Waals surface area contributed by atoms with Crippen LogP contribution in [-0.4, -0.2) is 52.6 Å². The van der Waals surface area contributed by atoms with E-state index < -0.39 is 5.97 Å². The molecule has 1 N–H and O–H groups in total. The van der Waals surface area contributed by atoms with E-state index >= 15 is 0 Å². The van der Waals surface area contributed by atoms with Gasteiger partial charge in [-0.2, -0.15) is 0 Å². The second-order valence-corrected chi connectivity index (χ2v) is 8.50. The Morgan fingerprint density at radius 1 is 1.12 bits per heavy atom. The Hall–Kier alpha value is -1.39. The molecule has 1 aromatic rings. The van der Waals surface area contributed by atoms with Crippen LogP contribution >= 0.6 is 0 Å². The van der Waals surface area contributed by atoms with Crippen molar-refractivity contribution in [2.75, 3.05) is 19.6 Å². The summed E-state index contributed by atoms with van der Waals surface area (Å²) in [6.45, 7) is 4.75. The lowest BCUT2D eigenvalue weighted by molar-refractivity contribution is -0.137. The molecule has 0 unspecified atom stereocenters. The molecule has 1 aromatic carbocycles. The van der Waals surface area contributed by atoms with Gasteiger partial charge in [-0.05, 0) is 69.0 Å². The Kier molecular flexibility index (Phi) is 5.60. The van der Waals surface area contributed by atoms with Crippen molar-refractivity contribution >= 4 is 5.97 Å². The zero-order chi connectivity index (χ0) is 17.9. The molecule has 4 atom stereocenters. The highest BCUT2D eigenvalue weighted by Crippen LogP contribution is 2.43. The molecular formula is C22H32N2O2. The molecule has 142 valence electrons. The largest absolute Gasteiger partial charge is 0.481 e. The highest BCUT2D eigenvalue weighted by molar-refractivity contribution is 5.66. The number of likely N-dealkylation sites (tertiary alicyclic amines) is 1. The van der Waals surface area contributed by atoms with Crippen LogP contribution in [0.3, 0.4) is 0 Å². The van der Waals surface area contributed by atoms with Gasteiger partial charge in [0.2, 0.25) is 0 Å². The van der Waals surface area contributed by atoms with Gasteiger partial charge in [0.15, 0.2) is 0 Å². The van der Waals surface area contributed by atoms with Crippen LogP contribution < -0.4 is 0 Å². The zero-order valence-electron chi connectivity index (χ0n) is 15.7. The molecular weight excluding hydrogens is 324 g/mol. The molecule has 4 rings (SSSR count). The second-order valence-electron chi connectivity index (χ2n) is 8.50. The molecule has 0 bridgehead atoms. The lowest BCUT2D eigenvalue weighted by atomic mass is 9.69. The molecule has 3 heterocycles. The maximum Gasteiger partial charge on any atom is 0.303 e. The molecule has 3 aliphatic rings. The quantitative estimate of drug-likeness (QED) is 0.845. The van der Waals surface area contributed by atoms with E-state index in [-0.39, 0.29) is 0 Å². The molecule has 0 radical (unpaired) electrons. The molecule has 0 spiro atoms. The first-order chi connectivity index (χ1) is 12.7. The highest BCUT2D eigenvalue weighted by atomic mass is 16.4. The van der Waals surface area contributed by atoms with E-state index in [4.69, 9.17) is 5.11 Å². The topological polar surface area (TPSA) is 43.8 Å². The van der Waals surface area contributed by atoms with Crippen molar-refractivity contribution in [1.29, 1.82) is 0 Å². The molecule has 0 aromatic heterocycles. The maximum atomic E-state index is 11.0. The predicted molar refractivity (Wildman–Crippen MR) is 103 cm³/mol. The van der Waals surface area contributed by atoms with Crippen molar-refractivity contribution in [2.45, 2.75) is 63.6 Å². The van der Waals surface area contributed by atoms with Gasteiger partial charge in [0.05, 0.1) is 0 Å². The average molecular weight is 357 g/mol. The number of carboxylic acid groups (broad SMARTS) is 1. The first-order valence-electron chi connectivity index (χ1n) is 10.5. The fraction of sp³-hybridized carbons (Fsp3) is 0.682. The summed E-state index contributed by atoms with van der Waals surface area (Å²) in [7, 11) is 0. The van der Waals surface area contributed by atoms with E-state index in [2.05, 4.69) is 40.1 Å². The van der Waals surface area contributed by atoms with Crippen LogP contribution in [0.5, 0.6) is 0 Å². The summed E-state index contributed by atoms with van der Waals surface area (Å²) < 4.78 is 0. The normalized spacial score (nSPS) is 32.2. The summed E-state index contributed by atoms with van der Waals surface area (Å²) in [5, 5.41) is 9.09. The minimum absolute atomic E-state index is 0.306. The van der Waals surface area contributed by atoms with E-state index in [0.717, 1.165) is 37.3 Å². The molecule has 3 saturated heterocycles. The SMILES string of the molecule is O=C(O)CCC[C@@H]1[C@H]2CCCN3CCC[C@H](CN1Cc1ccccc1)[C@@H]23. The molecule has 3 aliphatic heterocycles. The van der Waals surface area contributed by atoms with Crippen LogP contribution in [0.25, 0.3) is 0 Å². The second kappa shape index (κ2) is 8.10. The van der Waals surface area contributed by atoms with Gasteiger partial charge in [-0.1, -0.05) is 30.3 Å². The van der Waals surface area contributed by atoms with Crippen LogP contribution in [0.4, 0.5) is 0 Å². The Balaban J connectivity index is 1.54. The molecule has 0 amide bonds. The van der Waals surface area contributed by atoms with Gasteiger partial charge in [0.25, 0.3) is 0 Å². The van der Waals surface area contributed by atoms with Gasteiger partial charge in [0, 0.05) is 31.6 Å². The van der Waals surface area contributed by atoms with Gasteiger partial charge in [-0.15, -0.1) is 0 Å². The maximum absolute atomic E-state index is 11.0. The average Bonchev–Trinajstić information content (AvgIpc) is 2.65. The fourth-order valence-corrected chi connectivity index (χ4v) is 5.94. The van der Waals surface area contributed by atoms with Gasteiger partial charge in [-0.3, -0.25) is 14.6 Å². The van der Waals surface area contributed by atoms with Gasteiger partial charge in [0.1, 0.15) is 0 Å². The number of piperidine rings is 3. The summed E-state index contributed by atoms with van der Waals surface area (Å²) in [6, 6.07) is 12.1. The number of carbonyl (C=O) groups is 1. The third kappa shape index (κ3) is 3.81. The first-order valence-corrected chi connectivity index (χ1v) is 10.5. The van der Waals surface area contributed by atoms with Gasteiger partial charge >= 0.3 is 5.97 Å². The van der Waals surface area contributed by atoms with Crippen molar-refractivity contribution in [3.8, 4) is 0 Å². The summed E-state index contributed by atoms with van der Waals surface area (Å²) in [5.41, 5.74) is 1.39. The summed E-state index contributed by atoms with van der Waals surface area (Å²) in [6.07, 6.45) is 7.48. The van der Waals surface area contributed by atoms with Crippen LogP contribution in [-0.2, 0) is 11.3 Å². The molecule has 26 heavy (non-hydrogen) atoms. The Labute approximate surface area is 157 Å². The minimum Gasteiger partial charge on any atom is -0.481 e. The zero-order valence-corrected chi connectivity index (χ0v) is 15.7. The fourth-order valence-electron chi connectivity index (χ4n) is 5.94. The number of nitrogens with zero attached hydrogens (tertiary/aromatic N) is 2. The van der Waals surface area contributed by atoms with Crippen LogP contribution in [0.1, 0.15) is 50.5 Å². The monoisotopic (exact) mass is 356 g/mol. The first kappa shape index (κ1) is 18.0. The van der Waals surface area contributed by atoms with E-state index in [1.54, 1.807) is 0 Å². The summed E-state index contributed by atoms with van der Waals surface area (Å²) >= 11 is 0. The van der Waals surface area contributed by atoms with Crippen LogP contribution in [0.15, 0.2) is 30.3 Å². The highest BCUT2D eigenvalue weighted by Gasteiger charge is 2.48. The van der Waals surface area contributed by atoms with Crippen molar-refractivity contribution in [2.24, 2.45) is 11.8 Å². The van der Waals surface area contributed by atoms with E-state index in [9.17, 15) is 4.79 Å². The van der Waals surface area contributed by atoms with Crippen LogP contribution in [0, 0.1) is 11.8 Å². The van der Waals surface area contributed by atoms with Gasteiger partial charge < -0.3 is 5.11 Å². The Morgan fingerprint density at radius 2 is 1.88 bits per heavy atom. The number of hydrogen-bond acceptors (Lipinski definition) is 3. The third-order valence-corrected chi connectivity index (χ3v) is 6.90. The number of hydrogen-bond donors (Lipinski definition) is 1. The van der Waals surface area contributed by atoms with Crippen LogP contribution in [0.2, 0.25) is 0 Å². The number of carboxylic acids is 1. The van der Waals surface area contributed by atoms with Crippen molar-refractivity contribution in [3.63, 3.8) is 0 Å². The van der Waals surface area contributed by atoms with Crippen molar-refractivity contribution in [1.82, 2.24) is 9.80 Å². The van der Waals surface area contributed by atoms with E-state index in [0.29, 0.717) is 12.5 Å². The summed E-state index contributed by atoms with van der Waals surface area (Å²) in [5.74, 6) is 0.866. The lowest BCUT2D eigenvalue weighted by Gasteiger charge is -2.57. The predicted octanol–water partition coefficient (Wildman–Crippen LogP) is 3.62. The Bertz CT molecular complexity index is 603.